The third-order valence-corrected chi connectivity index (χ3v) is 4.25. The molecule has 1 nitrogen and oxygen atoms in total. The van der Waals surface area contributed by atoms with Crippen LogP contribution >= 0.6 is 7.80 Å². The average molecular weight is 191 g/mol. The van der Waals surface area contributed by atoms with Gasteiger partial charge in [0.05, 0.1) is 0 Å². The van der Waals surface area contributed by atoms with Gasteiger partial charge in [0.2, 0.25) is 5.66 Å². The molecule has 0 fully saturated rings. The summed E-state index contributed by atoms with van der Waals surface area (Å²) in [5.74, 6) is 0. The largest absolute Gasteiger partial charge is 0.355 e. The lowest BCUT2D eigenvalue weighted by atomic mass is 10.1. The molecule has 13 heavy (non-hydrogen) atoms. The second-order valence-electron chi connectivity index (χ2n) is 3.36. The van der Waals surface area contributed by atoms with Crippen molar-refractivity contribution in [1.82, 2.24) is 0 Å². The predicted octanol–water partition coefficient (Wildman–Crippen LogP) is 3.52. The quantitative estimate of drug-likeness (QED) is 0.490. The van der Waals surface area contributed by atoms with Crippen LogP contribution in [0.3, 0.4) is 0 Å². The molecule has 0 aliphatic carbocycles. The zero-order chi connectivity index (χ0) is 9.26. The summed E-state index contributed by atoms with van der Waals surface area (Å²) >= 11 is 0. The molecule has 66 valence electrons. The highest BCUT2D eigenvalue weighted by Crippen LogP contribution is 2.50. The van der Waals surface area contributed by atoms with Crippen LogP contribution in [0.1, 0.15) is 18.1 Å². The smallest absolute Gasteiger partial charge is 0.0734 e. The van der Waals surface area contributed by atoms with Gasteiger partial charge in [-0.15, -0.1) is 0 Å². The van der Waals surface area contributed by atoms with E-state index < -0.39 is 7.80 Å². The lowest BCUT2D eigenvalue weighted by Gasteiger charge is -2.02. The molecule has 0 radical (unpaired) electrons. The average Bonchev–Trinajstić information content (AvgIpc) is 2.48. The maximum Gasteiger partial charge on any atom is 0.355 e. The standard InChI is InChI=1S/C11H12OP/c1-9-7-8-13(12)11(9)10-5-3-2-4-6-10/h2-7,11H,8H2,1H3/q+1. The zero-order valence-corrected chi connectivity index (χ0v) is 8.50. The molecule has 2 unspecified atom stereocenters. The highest BCUT2D eigenvalue weighted by atomic mass is 31.1. The van der Waals surface area contributed by atoms with Crippen LogP contribution in [0, 0.1) is 0 Å². The fourth-order valence-electron chi connectivity index (χ4n) is 1.74. The molecule has 0 saturated heterocycles. The van der Waals surface area contributed by atoms with Crippen LogP contribution in [-0.2, 0) is 4.57 Å². The Hall–Kier alpha value is -0.940. The Morgan fingerprint density at radius 2 is 2.00 bits per heavy atom. The summed E-state index contributed by atoms with van der Waals surface area (Å²) in [6.45, 7) is 2.07. The third kappa shape index (κ3) is 1.57. The van der Waals surface area contributed by atoms with Crippen LogP contribution in [-0.4, -0.2) is 6.16 Å². The maximum absolute atomic E-state index is 11.7. The van der Waals surface area contributed by atoms with E-state index in [4.69, 9.17) is 0 Å². The molecule has 0 N–H and O–H groups in total. The minimum atomic E-state index is -1.09. The first-order chi connectivity index (χ1) is 6.29. The van der Waals surface area contributed by atoms with E-state index in [0.717, 1.165) is 6.16 Å². The monoisotopic (exact) mass is 191 g/mol. The van der Waals surface area contributed by atoms with Crippen molar-refractivity contribution in [2.75, 3.05) is 6.16 Å². The van der Waals surface area contributed by atoms with E-state index in [1.807, 2.05) is 18.2 Å². The van der Waals surface area contributed by atoms with Crippen LogP contribution in [0.5, 0.6) is 0 Å². The van der Waals surface area contributed by atoms with Gasteiger partial charge in [0.25, 0.3) is 0 Å². The highest BCUT2D eigenvalue weighted by Gasteiger charge is 2.37. The molecule has 0 amide bonds. The van der Waals surface area contributed by atoms with Gasteiger partial charge in [-0.1, -0.05) is 34.9 Å². The van der Waals surface area contributed by atoms with Crippen molar-refractivity contribution in [2.45, 2.75) is 12.6 Å². The van der Waals surface area contributed by atoms with Crippen LogP contribution in [0.4, 0.5) is 0 Å². The first kappa shape index (κ1) is 8.65. The Labute approximate surface area is 79.3 Å². The Bertz CT molecular complexity index is 354. The fraction of sp³-hybridized carbons (Fsp3) is 0.273. The SMILES string of the molecule is CC1=CC[P+](=O)C1c1ccccc1. The molecule has 2 atom stereocenters. The molecule has 1 aliphatic heterocycles. The van der Waals surface area contributed by atoms with Crippen LogP contribution in [0.2, 0.25) is 0 Å². The minimum Gasteiger partial charge on any atom is -0.0734 e. The number of allylic oxidation sites excluding steroid dienone is 2. The molecule has 0 aromatic heterocycles. The number of hydrogen-bond acceptors (Lipinski definition) is 1. The Morgan fingerprint density at radius 3 is 2.54 bits per heavy atom. The molecule has 1 aliphatic rings. The summed E-state index contributed by atoms with van der Waals surface area (Å²) in [7, 11) is -1.09. The molecule has 1 heterocycles. The van der Waals surface area contributed by atoms with E-state index in [9.17, 15) is 4.57 Å². The molecule has 0 saturated carbocycles. The van der Waals surface area contributed by atoms with Crippen LogP contribution < -0.4 is 0 Å². The highest BCUT2D eigenvalue weighted by molar-refractivity contribution is 7.46. The van der Waals surface area contributed by atoms with Gasteiger partial charge in [0, 0.05) is 5.56 Å². The van der Waals surface area contributed by atoms with Gasteiger partial charge in [0.1, 0.15) is 0 Å². The topological polar surface area (TPSA) is 17.1 Å². The first-order valence-electron chi connectivity index (χ1n) is 4.44. The predicted molar refractivity (Wildman–Crippen MR) is 55.4 cm³/mol. The van der Waals surface area contributed by atoms with E-state index >= 15 is 0 Å². The first-order valence-corrected chi connectivity index (χ1v) is 5.96. The van der Waals surface area contributed by atoms with Crippen molar-refractivity contribution < 1.29 is 4.57 Å². The van der Waals surface area contributed by atoms with Gasteiger partial charge >= 0.3 is 7.80 Å². The van der Waals surface area contributed by atoms with E-state index in [-0.39, 0.29) is 5.66 Å². The zero-order valence-electron chi connectivity index (χ0n) is 7.60. The van der Waals surface area contributed by atoms with Gasteiger partial charge in [0.15, 0.2) is 6.16 Å². The maximum atomic E-state index is 11.7. The number of rotatable bonds is 1. The Morgan fingerprint density at radius 1 is 1.31 bits per heavy atom. The fourth-order valence-corrected chi connectivity index (χ4v) is 3.49. The van der Waals surface area contributed by atoms with Crippen molar-refractivity contribution in [1.29, 1.82) is 0 Å². The molecule has 2 heteroatoms. The molecule has 1 aromatic carbocycles. The van der Waals surface area contributed by atoms with E-state index in [2.05, 4.69) is 25.1 Å². The molecule has 2 rings (SSSR count). The van der Waals surface area contributed by atoms with Gasteiger partial charge in [-0.3, -0.25) is 0 Å². The van der Waals surface area contributed by atoms with Gasteiger partial charge < -0.3 is 0 Å². The summed E-state index contributed by atoms with van der Waals surface area (Å²) in [4.78, 5) is 0. The lowest BCUT2D eigenvalue weighted by Crippen LogP contribution is -1.90. The Balaban J connectivity index is 2.36. The summed E-state index contributed by atoms with van der Waals surface area (Å²) in [5, 5.41) is 0. The van der Waals surface area contributed by atoms with Crippen LogP contribution in [0.25, 0.3) is 0 Å². The van der Waals surface area contributed by atoms with Crippen molar-refractivity contribution in [2.24, 2.45) is 0 Å². The molecular weight excluding hydrogens is 179 g/mol. The van der Waals surface area contributed by atoms with E-state index in [1.165, 1.54) is 11.1 Å². The summed E-state index contributed by atoms with van der Waals surface area (Å²) in [6.07, 6.45) is 2.84. The molecule has 1 aromatic rings. The van der Waals surface area contributed by atoms with Crippen molar-refractivity contribution >= 4 is 7.80 Å². The molecule has 0 spiro atoms. The lowest BCUT2D eigenvalue weighted by molar-refractivity contribution is 0.587. The third-order valence-electron chi connectivity index (χ3n) is 2.43. The summed E-state index contributed by atoms with van der Waals surface area (Å²) < 4.78 is 11.7. The van der Waals surface area contributed by atoms with E-state index in [1.54, 1.807) is 0 Å². The van der Waals surface area contributed by atoms with Crippen molar-refractivity contribution in [3.05, 3.63) is 47.5 Å². The van der Waals surface area contributed by atoms with Gasteiger partial charge in [-0.2, -0.15) is 0 Å². The van der Waals surface area contributed by atoms with E-state index in [0.29, 0.717) is 0 Å². The molecule has 0 bridgehead atoms. The van der Waals surface area contributed by atoms with Crippen molar-refractivity contribution in [3.8, 4) is 0 Å². The normalized spacial score (nSPS) is 24.5. The van der Waals surface area contributed by atoms with Gasteiger partial charge in [-0.05, 0) is 18.6 Å². The second kappa shape index (κ2) is 3.43. The summed E-state index contributed by atoms with van der Waals surface area (Å²) in [6, 6.07) is 10.1. The van der Waals surface area contributed by atoms with Gasteiger partial charge in [-0.25, -0.2) is 0 Å². The van der Waals surface area contributed by atoms with Crippen LogP contribution in [0.15, 0.2) is 42.0 Å². The van der Waals surface area contributed by atoms with Crippen molar-refractivity contribution in [3.63, 3.8) is 0 Å². The number of benzene rings is 1. The number of hydrogen-bond donors (Lipinski definition) is 0. The molecular formula is C11H12OP+. The minimum absolute atomic E-state index is 0.177. The summed E-state index contributed by atoms with van der Waals surface area (Å²) in [5.41, 5.74) is 2.62. The second-order valence-corrected chi connectivity index (χ2v) is 5.08. The Kier molecular flexibility index (Phi) is 2.28.